The Balaban J connectivity index is 2.06. The molecule has 0 aromatic heterocycles. The van der Waals surface area contributed by atoms with Crippen molar-refractivity contribution in [2.75, 3.05) is 7.11 Å². The van der Waals surface area contributed by atoms with Crippen molar-refractivity contribution in [2.45, 2.75) is 51.2 Å². The highest BCUT2D eigenvalue weighted by atomic mass is 16.6. The minimum atomic E-state index is 0.467. The Hall–Kier alpha value is -1.02. The first kappa shape index (κ1) is 12.4. The predicted octanol–water partition coefficient (Wildman–Crippen LogP) is 3.76. The fourth-order valence-electron chi connectivity index (χ4n) is 2.54. The second-order valence-electron chi connectivity index (χ2n) is 4.70. The van der Waals surface area contributed by atoms with Crippen molar-refractivity contribution >= 4 is 0 Å². The van der Waals surface area contributed by atoms with Crippen LogP contribution in [-0.4, -0.2) is 19.3 Å². The molecule has 0 aliphatic carbocycles. The predicted molar refractivity (Wildman–Crippen MR) is 69.6 cm³/mol. The topological polar surface area (TPSA) is 21.8 Å². The highest BCUT2D eigenvalue weighted by Gasteiger charge is 2.38. The van der Waals surface area contributed by atoms with Gasteiger partial charge >= 0.3 is 0 Å². The maximum atomic E-state index is 5.65. The standard InChI is InChI=1S/C15H22O2/c1-4-11(10-15-13(5-2)17-15)12-8-6-7-9-14(12)16-3/h6-9,11,13,15H,4-5,10H2,1-3H3. The molecule has 94 valence electrons. The Morgan fingerprint density at radius 2 is 2.00 bits per heavy atom. The van der Waals surface area contributed by atoms with Crippen molar-refractivity contribution in [2.24, 2.45) is 0 Å². The lowest BCUT2D eigenvalue weighted by Gasteiger charge is -2.17. The van der Waals surface area contributed by atoms with Gasteiger partial charge in [-0.2, -0.15) is 0 Å². The molecule has 3 atom stereocenters. The van der Waals surface area contributed by atoms with E-state index in [9.17, 15) is 0 Å². The molecular formula is C15H22O2. The summed E-state index contributed by atoms with van der Waals surface area (Å²) in [6, 6.07) is 8.34. The normalized spacial score (nSPS) is 24.4. The van der Waals surface area contributed by atoms with Crippen LogP contribution in [0.4, 0.5) is 0 Å². The maximum absolute atomic E-state index is 5.65. The van der Waals surface area contributed by atoms with Crippen molar-refractivity contribution < 1.29 is 9.47 Å². The molecule has 2 rings (SSSR count). The van der Waals surface area contributed by atoms with Crippen LogP contribution in [-0.2, 0) is 4.74 Å². The Labute approximate surface area is 104 Å². The molecule has 3 unspecified atom stereocenters. The van der Waals surface area contributed by atoms with E-state index < -0.39 is 0 Å². The van der Waals surface area contributed by atoms with Gasteiger partial charge in [-0.1, -0.05) is 32.0 Å². The molecule has 0 radical (unpaired) electrons. The Bertz CT molecular complexity index is 362. The summed E-state index contributed by atoms with van der Waals surface area (Å²) in [7, 11) is 1.74. The van der Waals surface area contributed by atoms with E-state index in [0.717, 1.165) is 25.0 Å². The summed E-state index contributed by atoms with van der Waals surface area (Å²) in [6.07, 6.45) is 4.35. The molecule has 1 aromatic carbocycles. The summed E-state index contributed by atoms with van der Waals surface area (Å²) in [4.78, 5) is 0. The van der Waals surface area contributed by atoms with Gasteiger partial charge in [-0.15, -0.1) is 0 Å². The maximum Gasteiger partial charge on any atom is 0.122 e. The highest BCUT2D eigenvalue weighted by molar-refractivity contribution is 5.36. The van der Waals surface area contributed by atoms with Crippen LogP contribution in [0.1, 0.15) is 44.6 Å². The number of benzene rings is 1. The summed E-state index contributed by atoms with van der Waals surface area (Å²) < 4.78 is 11.1. The smallest absolute Gasteiger partial charge is 0.122 e. The van der Waals surface area contributed by atoms with E-state index in [1.165, 1.54) is 5.56 Å². The quantitative estimate of drug-likeness (QED) is 0.699. The Kier molecular flexibility index (Phi) is 4.06. The molecule has 1 aliphatic rings. The Morgan fingerprint density at radius 3 is 2.59 bits per heavy atom. The van der Waals surface area contributed by atoms with Gasteiger partial charge in [0.1, 0.15) is 5.75 Å². The van der Waals surface area contributed by atoms with Crippen LogP contribution in [0.5, 0.6) is 5.75 Å². The molecule has 0 saturated carbocycles. The molecule has 1 aliphatic heterocycles. The number of epoxide rings is 1. The first-order valence-corrected chi connectivity index (χ1v) is 6.58. The molecule has 0 N–H and O–H groups in total. The van der Waals surface area contributed by atoms with Crippen LogP contribution in [0.3, 0.4) is 0 Å². The molecule has 1 aromatic rings. The van der Waals surface area contributed by atoms with E-state index >= 15 is 0 Å². The van der Waals surface area contributed by atoms with Crippen molar-refractivity contribution in [3.05, 3.63) is 29.8 Å². The zero-order chi connectivity index (χ0) is 12.3. The Morgan fingerprint density at radius 1 is 1.24 bits per heavy atom. The van der Waals surface area contributed by atoms with Gasteiger partial charge in [0, 0.05) is 0 Å². The lowest BCUT2D eigenvalue weighted by molar-refractivity contribution is 0.345. The second-order valence-corrected chi connectivity index (χ2v) is 4.70. The molecule has 0 bridgehead atoms. The van der Waals surface area contributed by atoms with Crippen molar-refractivity contribution in [1.29, 1.82) is 0 Å². The van der Waals surface area contributed by atoms with Crippen LogP contribution in [0.2, 0.25) is 0 Å². The van der Waals surface area contributed by atoms with Crippen LogP contribution in [0, 0.1) is 0 Å². The third-order valence-electron chi connectivity index (χ3n) is 3.68. The third kappa shape index (κ3) is 2.81. The number of hydrogen-bond acceptors (Lipinski definition) is 2. The van der Waals surface area contributed by atoms with Gasteiger partial charge in [0.25, 0.3) is 0 Å². The van der Waals surface area contributed by atoms with Gasteiger partial charge in [-0.25, -0.2) is 0 Å². The molecule has 1 fully saturated rings. The van der Waals surface area contributed by atoms with Gasteiger partial charge in [-0.3, -0.25) is 0 Å². The summed E-state index contributed by atoms with van der Waals surface area (Å²) in [5.74, 6) is 1.56. The molecule has 17 heavy (non-hydrogen) atoms. The summed E-state index contributed by atoms with van der Waals surface area (Å²) in [5, 5.41) is 0. The summed E-state index contributed by atoms with van der Waals surface area (Å²) >= 11 is 0. The largest absolute Gasteiger partial charge is 0.496 e. The fourth-order valence-corrected chi connectivity index (χ4v) is 2.54. The van der Waals surface area contributed by atoms with Crippen molar-refractivity contribution in [1.82, 2.24) is 0 Å². The van der Waals surface area contributed by atoms with Gasteiger partial charge in [0.05, 0.1) is 19.3 Å². The molecule has 1 saturated heterocycles. The fraction of sp³-hybridized carbons (Fsp3) is 0.600. The van der Waals surface area contributed by atoms with Crippen molar-refractivity contribution in [3.8, 4) is 5.75 Å². The minimum Gasteiger partial charge on any atom is -0.496 e. The molecule has 0 spiro atoms. The minimum absolute atomic E-state index is 0.467. The van der Waals surface area contributed by atoms with E-state index in [-0.39, 0.29) is 0 Å². The number of ether oxygens (including phenoxy) is 2. The number of rotatable bonds is 6. The number of para-hydroxylation sites is 1. The molecule has 2 heteroatoms. The van der Waals surface area contributed by atoms with Gasteiger partial charge < -0.3 is 9.47 Å². The van der Waals surface area contributed by atoms with E-state index in [1.807, 2.05) is 12.1 Å². The van der Waals surface area contributed by atoms with Crippen LogP contribution in [0.15, 0.2) is 24.3 Å². The molecular weight excluding hydrogens is 212 g/mol. The monoisotopic (exact) mass is 234 g/mol. The average Bonchev–Trinajstić information content (AvgIpc) is 3.14. The first-order chi connectivity index (χ1) is 8.30. The zero-order valence-corrected chi connectivity index (χ0v) is 11.0. The lowest BCUT2D eigenvalue weighted by Crippen LogP contribution is -2.05. The number of hydrogen-bond donors (Lipinski definition) is 0. The van der Waals surface area contributed by atoms with Crippen LogP contribution in [0.25, 0.3) is 0 Å². The molecule has 0 amide bonds. The van der Waals surface area contributed by atoms with Gasteiger partial charge in [0.2, 0.25) is 0 Å². The molecule has 2 nitrogen and oxygen atoms in total. The summed E-state index contributed by atoms with van der Waals surface area (Å²) in [6.45, 7) is 4.43. The van der Waals surface area contributed by atoms with E-state index in [0.29, 0.717) is 18.1 Å². The van der Waals surface area contributed by atoms with E-state index in [2.05, 4.69) is 26.0 Å². The van der Waals surface area contributed by atoms with Crippen LogP contribution >= 0.6 is 0 Å². The first-order valence-electron chi connectivity index (χ1n) is 6.58. The SMILES string of the molecule is CCC(CC1OC1CC)c1ccccc1OC. The second kappa shape index (κ2) is 5.54. The van der Waals surface area contributed by atoms with E-state index in [4.69, 9.17) is 9.47 Å². The zero-order valence-electron chi connectivity index (χ0n) is 11.0. The van der Waals surface area contributed by atoms with Gasteiger partial charge in [-0.05, 0) is 36.8 Å². The van der Waals surface area contributed by atoms with E-state index in [1.54, 1.807) is 7.11 Å². The average molecular weight is 234 g/mol. The highest BCUT2D eigenvalue weighted by Crippen LogP contribution is 2.38. The number of methoxy groups -OCH3 is 1. The third-order valence-corrected chi connectivity index (χ3v) is 3.68. The molecule has 1 heterocycles. The van der Waals surface area contributed by atoms with Crippen molar-refractivity contribution in [3.63, 3.8) is 0 Å². The van der Waals surface area contributed by atoms with Crippen LogP contribution < -0.4 is 4.74 Å². The van der Waals surface area contributed by atoms with Gasteiger partial charge in [0.15, 0.2) is 0 Å². The lowest BCUT2D eigenvalue weighted by atomic mass is 9.90. The summed E-state index contributed by atoms with van der Waals surface area (Å²) in [5.41, 5.74) is 1.32.